The zero-order chi connectivity index (χ0) is 17.9. The summed E-state index contributed by atoms with van der Waals surface area (Å²) < 4.78 is 38.3. The molecule has 0 aliphatic carbocycles. The first-order chi connectivity index (χ1) is 11.2. The molecular formula is C18H19F3N2O. The Labute approximate surface area is 139 Å². The average Bonchev–Trinajstić information content (AvgIpc) is 2.54. The topological polar surface area (TPSA) is 23.6 Å². The minimum absolute atomic E-state index is 0.0252. The lowest BCUT2D eigenvalue weighted by Gasteiger charge is -2.19. The molecule has 24 heavy (non-hydrogen) atoms. The maximum atomic E-state index is 12.8. The number of anilines is 1. The molecule has 0 unspecified atom stereocenters. The molecule has 0 fully saturated rings. The van der Waals surface area contributed by atoms with Crippen molar-refractivity contribution in [1.29, 1.82) is 0 Å². The highest BCUT2D eigenvalue weighted by molar-refractivity contribution is 5.94. The van der Waals surface area contributed by atoms with Crippen LogP contribution in [0.15, 0.2) is 48.5 Å². The Balaban J connectivity index is 2.12. The van der Waals surface area contributed by atoms with Gasteiger partial charge < -0.3 is 9.80 Å². The van der Waals surface area contributed by atoms with Crippen LogP contribution in [0.4, 0.5) is 18.9 Å². The minimum Gasteiger partial charge on any atom is -0.378 e. The quantitative estimate of drug-likeness (QED) is 0.841. The van der Waals surface area contributed by atoms with E-state index in [0.29, 0.717) is 6.54 Å². The van der Waals surface area contributed by atoms with Gasteiger partial charge in [0.2, 0.25) is 0 Å². The highest BCUT2D eigenvalue weighted by atomic mass is 19.4. The van der Waals surface area contributed by atoms with Gasteiger partial charge in [-0.1, -0.05) is 18.2 Å². The maximum absolute atomic E-state index is 12.8. The Hall–Kier alpha value is -2.50. The lowest BCUT2D eigenvalue weighted by Crippen LogP contribution is -2.26. The molecular weight excluding hydrogens is 317 g/mol. The van der Waals surface area contributed by atoms with Gasteiger partial charge in [0, 0.05) is 38.9 Å². The third kappa shape index (κ3) is 4.28. The van der Waals surface area contributed by atoms with Gasteiger partial charge in [0.05, 0.1) is 5.56 Å². The summed E-state index contributed by atoms with van der Waals surface area (Å²) in [6, 6.07) is 12.1. The van der Waals surface area contributed by atoms with E-state index in [9.17, 15) is 18.0 Å². The number of hydrogen-bond donors (Lipinski definition) is 0. The van der Waals surface area contributed by atoms with Crippen molar-refractivity contribution in [2.24, 2.45) is 0 Å². The smallest absolute Gasteiger partial charge is 0.378 e. The van der Waals surface area contributed by atoms with Gasteiger partial charge in [-0.15, -0.1) is 0 Å². The van der Waals surface area contributed by atoms with Crippen LogP contribution >= 0.6 is 0 Å². The molecule has 0 saturated heterocycles. The van der Waals surface area contributed by atoms with Gasteiger partial charge in [-0.3, -0.25) is 4.79 Å². The van der Waals surface area contributed by atoms with Crippen molar-refractivity contribution in [3.8, 4) is 0 Å². The van der Waals surface area contributed by atoms with Crippen molar-refractivity contribution in [2.75, 3.05) is 26.0 Å². The molecule has 0 aromatic heterocycles. The second-order valence-corrected chi connectivity index (χ2v) is 5.80. The maximum Gasteiger partial charge on any atom is 0.416 e. The summed E-state index contributed by atoms with van der Waals surface area (Å²) >= 11 is 0. The van der Waals surface area contributed by atoms with Gasteiger partial charge in [0.25, 0.3) is 5.91 Å². The molecule has 0 heterocycles. The van der Waals surface area contributed by atoms with Crippen LogP contribution < -0.4 is 4.90 Å². The Kier molecular flexibility index (Phi) is 5.17. The largest absolute Gasteiger partial charge is 0.416 e. The molecule has 3 nitrogen and oxygen atoms in total. The summed E-state index contributed by atoms with van der Waals surface area (Å²) in [6.07, 6.45) is -4.46. The highest BCUT2D eigenvalue weighted by Gasteiger charge is 2.31. The summed E-state index contributed by atoms with van der Waals surface area (Å²) in [4.78, 5) is 15.7. The van der Waals surface area contributed by atoms with Gasteiger partial charge in [-0.2, -0.15) is 13.2 Å². The van der Waals surface area contributed by atoms with E-state index >= 15 is 0 Å². The third-order valence-corrected chi connectivity index (χ3v) is 3.66. The Morgan fingerprint density at radius 2 is 1.62 bits per heavy atom. The fraction of sp³-hybridized carbons (Fsp3) is 0.278. The summed E-state index contributed by atoms with van der Waals surface area (Å²) in [7, 11) is 5.43. The summed E-state index contributed by atoms with van der Waals surface area (Å²) in [6.45, 7) is 0.322. The van der Waals surface area contributed by atoms with Crippen LogP contribution in [-0.2, 0) is 12.7 Å². The van der Waals surface area contributed by atoms with Crippen LogP contribution in [0.5, 0.6) is 0 Å². The fourth-order valence-electron chi connectivity index (χ4n) is 2.29. The zero-order valence-electron chi connectivity index (χ0n) is 13.8. The number of carbonyl (C=O) groups is 1. The zero-order valence-corrected chi connectivity index (χ0v) is 13.8. The van der Waals surface area contributed by atoms with E-state index in [0.717, 1.165) is 23.4 Å². The van der Waals surface area contributed by atoms with Gasteiger partial charge in [-0.05, 0) is 35.9 Å². The van der Waals surface area contributed by atoms with Crippen molar-refractivity contribution in [2.45, 2.75) is 12.7 Å². The van der Waals surface area contributed by atoms with Crippen LogP contribution in [0.3, 0.4) is 0 Å². The number of carbonyl (C=O) groups excluding carboxylic acids is 1. The number of halogens is 3. The fourth-order valence-corrected chi connectivity index (χ4v) is 2.29. The van der Waals surface area contributed by atoms with E-state index in [1.807, 2.05) is 43.3 Å². The molecule has 1 amide bonds. The van der Waals surface area contributed by atoms with Crippen LogP contribution in [0, 0.1) is 0 Å². The summed E-state index contributed by atoms with van der Waals surface area (Å²) in [5.41, 5.74) is 1.14. The molecule has 6 heteroatoms. The van der Waals surface area contributed by atoms with Crippen LogP contribution in [0.2, 0.25) is 0 Å². The van der Waals surface area contributed by atoms with Crippen LogP contribution in [-0.4, -0.2) is 32.0 Å². The third-order valence-electron chi connectivity index (χ3n) is 3.66. The number of amides is 1. The monoisotopic (exact) mass is 336 g/mol. The first kappa shape index (κ1) is 17.8. The first-order valence-corrected chi connectivity index (χ1v) is 7.37. The van der Waals surface area contributed by atoms with Crippen molar-refractivity contribution in [3.05, 3.63) is 65.2 Å². The van der Waals surface area contributed by atoms with Crippen LogP contribution in [0.25, 0.3) is 0 Å². The van der Waals surface area contributed by atoms with E-state index in [4.69, 9.17) is 0 Å². The van der Waals surface area contributed by atoms with Gasteiger partial charge in [0.1, 0.15) is 0 Å². The molecule has 0 saturated carbocycles. The van der Waals surface area contributed by atoms with E-state index < -0.39 is 17.6 Å². The Morgan fingerprint density at radius 1 is 1.00 bits per heavy atom. The summed E-state index contributed by atoms with van der Waals surface area (Å²) in [5.74, 6) is -0.446. The van der Waals surface area contributed by atoms with Gasteiger partial charge in [-0.25, -0.2) is 0 Å². The number of hydrogen-bond acceptors (Lipinski definition) is 2. The van der Waals surface area contributed by atoms with Crippen molar-refractivity contribution >= 4 is 11.6 Å². The van der Waals surface area contributed by atoms with Gasteiger partial charge in [0.15, 0.2) is 0 Å². The molecule has 0 aliphatic heterocycles. The molecule has 0 N–H and O–H groups in total. The normalized spacial score (nSPS) is 11.2. The SMILES string of the molecule is CN(Cc1ccc(N(C)C)cc1)C(=O)c1cccc(C(F)(F)F)c1. The van der Waals surface area contributed by atoms with Gasteiger partial charge >= 0.3 is 6.18 Å². The van der Waals surface area contributed by atoms with E-state index in [2.05, 4.69) is 0 Å². The summed E-state index contributed by atoms with van der Waals surface area (Å²) in [5, 5.41) is 0. The van der Waals surface area contributed by atoms with Crippen molar-refractivity contribution in [3.63, 3.8) is 0 Å². The number of benzene rings is 2. The molecule has 2 rings (SSSR count). The Morgan fingerprint density at radius 3 is 2.17 bits per heavy atom. The van der Waals surface area contributed by atoms with E-state index in [1.54, 1.807) is 7.05 Å². The molecule has 0 radical (unpaired) electrons. The second kappa shape index (κ2) is 6.95. The first-order valence-electron chi connectivity index (χ1n) is 7.37. The molecule has 128 valence electrons. The standard InChI is InChI=1S/C18H19F3N2O/c1-22(2)16-9-7-13(8-10-16)12-23(3)17(24)14-5-4-6-15(11-14)18(19,20)21/h4-11H,12H2,1-3H3. The van der Waals surface area contributed by atoms with E-state index in [1.165, 1.54) is 17.0 Å². The lowest BCUT2D eigenvalue weighted by atomic mass is 10.1. The predicted molar refractivity (Wildman–Crippen MR) is 88.0 cm³/mol. The number of rotatable bonds is 4. The average molecular weight is 336 g/mol. The lowest BCUT2D eigenvalue weighted by molar-refractivity contribution is -0.137. The second-order valence-electron chi connectivity index (χ2n) is 5.80. The number of nitrogens with zero attached hydrogens (tertiary/aromatic N) is 2. The molecule has 0 bridgehead atoms. The molecule has 2 aromatic rings. The molecule has 0 atom stereocenters. The number of alkyl halides is 3. The molecule has 0 aliphatic rings. The Bertz CT molecular complexity index is 709. The minimum atomic E-state index is -4.46. The van der Waals surface area contributed by atoms with Crippen molar-refractivity contribution in [1.82, 2.24) is 4.90 Å². The van der Waals surface area contributed by atoms with E-state index in [-0.39, 0.29) is 5.56 Å². The van der Waals surface area contributed by atoms with Crippen LogP contribution in [0.1, 0.15) is 21.5 Å². The van der Waals surface area contributed by atoms with Crippen molar-refractivity contribution < 1.29 is 18.0 Å². The molecule has 0 spiro atoms. The predicted octanol–water partition coefficient (Wildman–Crippen LogP) is 4.04. The highest BCUT2D eigenvalue weighted by Crippen LogP contribution is 2.29. The molecule has 2 aromatic carbocycles.